The number of hydrogen-bond donors (Lipinski definition) is 2. The fourth-order valence-electron chi connectivity index (χ4n) is 3.17. The highest BCUT2D eigenvalue weighted by Crippen LogP contribution is 2.41. The first-order valence-electron chi connectivity index (χ1n) is 9.14. The maximum absolute atomic E-state index is 12.7. The van der Waals surface area contributed by atoms with Crippen molar-refractivity contribution in [2.24, 2.45) is 0 Å². The largest absolute Gasteiger partial charge is 0.477 e. The molecule has 1 unspecified atom stereocenters. The summed E-state index contributed by atoms with van der Waals surface area (Å²) in [5.41, 5.74) is 0.564. The molecule has 2 aromatic rings. The highest BCUT2D eigenvalue weighted by Gasteiger charge is 2.54. The van der Waals surface area contributed by atoms with Crippen molar-refractivity contribution < 1.29 is 23.9 Å². The smallest absolute Gasteiger partial charge is 0.352 e. The van der Waals surface area contributed by atoms with Gasteiger partial charge in [0, 0.05) is 21.4 Å². The maximum Gasteiger partial charge on any atom is 0.352 e. The second-order valence-corrected chi connectivity index (χ2v) is 10.6. The van der Waals surface area contributed by atoms with E-state index >= 15 is 0 Å². The summed E-state index contributed by atoms with van der Waals surface area (Å²) in [7, 11) is 0. The summed E-state index contributed by atoms with van der Waals surface area (Å²) in [6, 6.07) is 4.18. The van der Waals surface area contributed by atoms with Crippen LogP contribution in [0.3, 0.4) is 0 Å². The summed E-state index contributed by atoms with van der Waals surface area (Å²) in [5, 5.41) is 13.4. The Labute approximate surface area is 205 Å². The van der Waals surface area contributed by atoms with Gasteiger partial charge in [-0.05, 0) is 23.8 Å². The second kappa shape index (κ2) is 10.0. The normalized spacial score (nSPS) is 20.1. The van der Waals surface area contributed by atoms with E-state index < -0.39 is 23.3 Å². The van der Waals surface area contributed by atoms with Crippen LogP contribution in [-0.2, 0) is 14.4 Å². The standard InChI is InChI=1S/C19H15Cl2N3O5S3/c20-10-1-2-11(21)12(5-10)30-8-13(25)23-14-16(26)24-15(18(27)28)9(6-31-17(14)24)7-32-19-22-3-4-29-19/h1-5,14,17H,6-8H2,(H,23,25)(H,27,28)/t14?,17-/m0/s1. The molecule has 3 heterocycles. The molecule has 1 aromatic carbocycles. The van der Waals surface area contributed by atoms with E-state index in [-0.39, 0.29) is 17.4 Å². The monoisotopic (exact) mass is 531 g/mol. The Hall–Kier alpha value is -1.79. The number of aliphatic carboxylic acids is 1. The number of carbonyl (C=O) groups excluding carboxylic acids is 2. The molecule has 1 fully saturated rings. The topological polar surface area (TPSA) is 113 Å². The molecule has 2 aliphatic heterocycles. The molecule has 8 nitrogen and oxygen atoms in total. The lowest BCUT2D eigenvalue weighted by atomic mass is 10.0. The molecule has 2 aliphatic rings. The van der Waals surface area contributed by atoms with Crippen molar-refractivity contribution in [3.63, 3.8) is 0 Å². The Morgan fingerprint density at radius 2 is 2.16 bits per heavy atom. The Kier molecular flexibility index (Phi) is 7.30. The average molecular weight is 532 g/mol. The molecule has 0 radical (unpaired) electrons. The van der Waals surface area contributed by atoms with Crippen molar-refractivity contribution in [2.75, 3.05) is 17.3 Å². The van der Waals surface area contributed by atoms with Gasteiger partial charge in [0.15, 0.2) is 0 Å². The Morgan fingerprint density at radius 3 is 2.88 bits per heavy atom. The van der Waals surface area contributed by atoms with Crippen LogP contribution in [0, 0.1) is 0 Å². The van der Waals surface area contributed by atoms with Crippen LogP contribution in [-0.4, -0.2) is 61.4 Å². The van der Waals surface area contributed by atoms with Gasteiger partial charge in [-0.3, -0.25) is 14.5 Å². The van der Waals surface area contributed by atoms with Crippen LogP contribution in [0.2, 0.25) is 10.0 Å². The van der Waals surface area contributed by atoms with E-state index in [1.165, 1.54) is 52.6 Å². The van der Waals surface area contributed by atoms with Gasteiger partial charge >= 0.3 is 5.97 Å². The molecule has 1 aromatic heterocycles. The van der Waals surface area contributed by atoms with E-state index in [4.69, 9.17) is 27.6 Å². The van der Waals surface area contributed by atoms with E-state index in [0.29, 0.717) is 37.2 Å². The number of thioether (sulfide) groups is 3. The van der Waals surface area contributed by atoms with Gasteiger partial charge in [0.1, 0.15) is 23.4 Å². The second-order valence-electron chi connectivity index (χ2n) is 6.66. The number of carbonyl (C=O) groups is 3. The number of β-lactam (4-membered cyclic amide) rings is 1. The van der Waals surface area contributed by atoms with Gasteiger partial charge in [-0.15, -0.1) is 23.5 Å². The predicted octanol–water partition coefficient (Wildman–Crippen LogP) is 3.60. The van der Waals surface area contributed by atoms with E-state index in [2.05, 4.69) is 10.3 Å². The summed E-state index contributed by atoms with van der Waals surface area (Å²) < 4.78 is 5.16. The minimum absolute atomic E-state index is 0.0385. The number of benzene rings is 1. The van der Waals surface area contributed by atoms with Gasteiger partial charge in [-0.25, -0.2) is 9.78 Å². The summed E-state index contributed by atoms with van der Waals surface area (Å²) >= 11 is 15.9. The highest BCUT2D eigenvalue weighted by atomic mass is 35.5. The molecule has 1 saturated heterocycles. The van der Waals surface area contributed by atoms with Crippen molar-refractivity contribution in [3.8, 4) is 0 Å². The van der Waals surface area contributed by atoms with Crippen molar-refractivity contribution in [2.45, 2.75) is 21.5 Å². The molecule has 168 valence electrons. The van der Waals surface area contributed by atoms with Gasteiger partial charge in [0.05, 0.1) is 17.0 Å². The van der Waals surface area contributed by atoms with E-state index in [1.807, 2.05) is 0 Å². The minimum atomic E-state index is -1.18. The minimum Gasteiger partial charge on any atom is -0.477 e. The summed E-state index contributed by atoms with van der Waals surface area (Å²) in [4.78, 5) is 42.9. The lowest BCUT2D eigenvalue weighted by Gasteiger charge is -2.49. The van der Waals surface area contributed by atoms with E-state index in [1.54, 1.807) is 18.2 Å². The van der Waals surface area contributed by atoms with Crippen LogP contribution < -0.4 is 5.32 Å². The fourth-order valence-corrected chi connectivity index (χ4v) is 6.75. The zero-order valence-electron chi connectivity index (χ0n) is 16.1. The molecular formula is C19H15Cl2N3O5S3. The van der Waals surface area contributed by atoms with Gasteiger partial charge in [-0.1, -0.05) is 35.0 Å². The van der Waals surface area contributed by atoms with Crippen LogP contribution in [0.1, 0.15) is 0 Å². The summed E-state index contributed by atoms with van der Waals surface area (Å²) in [5.74, 6) is -1.18. The van der Waals surface area contributed by atoms with Crippen LogP contribution in [0.25, 0.3) is 0 Å². The zero-order valence-corrected chi connectivity index (χ0v) is 20.1. The number of rotatable bonds is 8. The van der Waals surface area contributed by atoms with Gasteiger partial charge in [-0.2, -0.15) is 0 Å². The third-order valence-electron chi connectivity index (χ3n) is 4.60. The molecule has 0 spiro atoms. The van der Waals surface area contributed by atoms with Crippen LogP contribution in [0.4, 0.5) is 0 Å². The Bertz CT molecular complexity index is 1100. The fraction of sp³-hybridized carbons (Fsp3) is 0.263. The molecule has 13 heteroatoms. The highest BCUT2D eigenvalue weighted by molar-refractivity contribution is 8.01. The van der Waals surface area contributed by atoms with Crippen molar-refractivity contribution in [3.05, 3.63) is 52.0 Å². The molecule has 32 heavy (non-hydrogen) atoms. The average Bonchev–Trinajstić information content (AvgIpc) is 3.29. The number of nitrogens with zero attached hydrogens (tertiary/aromatic N) is 2. The van der Waals surface area contributed by atoms with Gasteiger partial charge in [0.2, 0.25) is 5.91 Å². The van der Waals surface area contributed by atoms with Crippen LogP contribution >= 0.6 is 58.5 Å². The zero-order chi connectivity index (χ0) is 22.8. The SMILES string of the molecule is O=C(CSc1cc(Cl)ccc1Cl)NC1C(=O)N2C(C(=O)O)=C(CSc3ncco3)CS[C@@H]12. The number of carboxylic acid groups (broad SMARTS) is 1. The number of oxazole rings is 1. The third-order valence-corrected chi connectivity index (χ3v) is 8.61. The van der Waals surface area contributed by atoms with Crippen molar-refractivity contribution in [1.29, 1.82) is 0 Å². The Balaban J connectivity index is 1.38. The van der Waals surface area contributed by atoms with E-state index in [0.717, 1.165) is 0 Å². The molecule has 0 aliphatic carbocycles. The first-order chi connectivity index (χ1) is 15.3. The quantitative estimate of drug-likeness (QED) is 0.389. The van der Waals surface area contributed by atoms with Crippen molar-refractivity contribution in [1.82, 2.24) is 15.2 Å². The number of hydrogen-bond acceptors (Lipinski definition) is 8. The summed E-state index contributed by atoms with van der Waals surface area (Å²) in [6.07, 6.45) is 2.94. The number of nitrogens with one attached hydrogen (secondary N) is 1. The third kappa shape index (κ3) is 4.91. The van der Waals surface area contributed by atoms with Crippen LogP contribution in [0.5, 0.6) is 0 Å². The molecule has 2 N–H and O–H groups in total. The summed E-state index contributed by atoms with van der Waals surface area (Å²) in [6.45, 7) is 0. The van der Waals surface area contributed by atoms with E-state index in [9.17, 15) is 19.5 Å². The van der Waals surface area contributed by atoms with Gasteiger partial charge in [0.25, 0.3) is 11.1 Å². The lowest BCUT2D eigenvalue weighted by molar-refractivity contribution is -0.150. The van der Waals surface area contributed by atoms with Crippen molar-refractivity contribution >= 4 is 76.3 Å². The van der Waals surface area contributed by atoms with Crippen LogP contribution in [0.15, 0.2) is 56.5 Å². The predicted molar refractivity (Wildman–Crippen MR) is 124 cm³/mol. The molecule has 0 saturated carbocycles. The number of fused-ring (bicyclic) bond motifs is 1. The molecule has 0 bridgehead atoms. The maximum atomic E-state index is 12.7. The molecule has 2 amide bonds. The number of aromatic nitrogens is 1. The Morgan fingerprint density at radius 1 is 1.34 bits per heavy atom. The first kappa shape index (κ1) is 23.4. The van der Waals surface area contributed by atoms with Gasteiger partial charge < -0.3 is 14.8 Å². The molecule has 4 rings (SSSR count). The molecule has 2 atom stereocenters. The molecular weight excluding hydrogens is 517 g/mol. The number of halogens is 2. The lowest BCUT2D eigenvalue weighted by Crippen LogP contribution is -2.70. The number of carboxylic acids is 1. The number of amides is 2. The first-order valence-corrected chi connectivity index (χ1v) is 12.9.